The van der Waals surface area contributed by atoms with Gasteiger partial charge in [0.2, 0.25) is 0 Å². The first-order chi connectivity index (χ1) is 10.7. The zero-order valence-electron chi connectivity index (χ0n) is 14.9. The lowest BCUT2D eigenvalue weighted by Gasteiger charge is -2.29. The minimum Gasteiger partial charge on any atom is -0.341 e. The molecule has 2 N–H and O–H groups in total. The second-order valence-electron chi connectivity index (χ2n) is 7.25. The third kappa shape index (κ3) is 3.52. The number of nitrogens with two attached hydrogens (primary N) is 1. The van der Waals surface area contributed by atoms with Crippen molar-refractivity contribution in [3.63, 3.8) is 0 Å². The van der Waals surface area contributed by atoms with E-state index in [1.54, 1.807) is 18.1 Å². The van der Waals surface area contributed by atoms with Crippen LogP contribution in [0.25, 0.3) is 11.0 Å². The zero-order valence-corrected chi connectivity index (χ0v) is 14.9. The van der Waals surface area contributed by atoms with Crippen molar-refractivity contribution in [2.75, 3.05) is 20.1 Å². The van der Waals surface area contributed by atoms with Crippen LogP contribution in [-0.2, 0) is 0 Å². The fourth-order valence-corrected chi connectivity index (χ4v) is 2.64. The molecule has 0 aliphatic rings. The SMILES string of the molecule is Cc1nc2c(cnn2C(C)C)cc1C(=O)N(C)CC(C)(C)CN. The Bertz CT molecular complexity index is 717. The first kappa shape index (κ1) is 17.4. The highest BCUT2D eigenvalue weighted by molar-refractivity contribution is 5.98. The minimum absolute atomic E-state index is 0.0317. The summed E-state index contributed by atoms with van der Waals surface area (Å²) < 4.78 is 1.87. The molecule has 0 saturated heterocycles. The van der Waals surface area contributed by atoms with Crippen LogP contribution in [0.4, 0.5) is 0 Å². The lowest BCUT2D eigenvalue weighted by atomic mass is 9.93. The molecule has 6 heteroatoms. The fraction of sp³-hybridized carbons (Fsp3) is 0.588. The number of carbonyl (C=O) groups is 1. The Hall–Kier alpha value is -1.95. The third-order valence-electron chi connectivity index (χ3n) is 4.04. The molecule has 0 spiro atoms. The molecule has 0 fully saturated rings. The van der Waals surface area contributed by atoms with Gasteiger partial charge in [0, 0.05) is 25.0 Å². The van der Waals surface area contributed by atoms with Crippen molar-refractivity contribution in [1.82, 2.24) is 19.7 Å². The number of hydrogen-bond donors (Lipinski definition) is 1. The highest BCUT2D eigenvalue weighted by Gasteiger charge is 2.24. The van der Waals surface area contributed by atoms with Gasteiger partial charge in [-0.25, -0.2) is 9.67 Å². The van der Waals surface area contributed by atoms with E-state index in [0.717, 1.165) is 16.7 Å². The quantitative estimate of drug-likeness (QED) is 0.918. The van der Waals surface area contributed by atoms with Crippen molar-refractivity contribution in [3.8, 4) is 0 Å². The van der Waals surface area contributed by atoms with Gasteiger partial charge in [-0.3, -0.25) is 4.79 Å². The summed E-state index contributed by atoms with van der Waals surface area (Å²) in [5.41, 5.74) is 7.82. The molecular formula is C17H27N5O. The molecule has 2 aromatic heterocycles. The van der Waals surface area contributed by atoms with Gasteiger partial charge >= 0.3 is 0 Å². The van der Waals surface area contributed by atoms with E-state index < -0.39 is 0 Å². The molecule has 2 rings (SSSR count). The normalized spacial score (nSPS) is 12.2. The molecule has 6 nitrogen and oxygen atoms in total. The molecule has 2 heterocycles. The van der Waals surface area contributed by atoms with Crippen LogP contribution in [0.3, 0.4) is 0 Å². The smallest absolute Gasteiger partial charge is 0.255 e. The van der Waals surface area contributed by atoms with Crippen molar-refractivity contribution in [2.24, 2.45) is 11.1 Å². The molecule has 1 amide bonds. The van der Waals surface area contributed by atoms with Crippen LogP contribution in [0.2, 0.25) is 0 Å². The highest BCUT2D eigenvalue weighted by atomic mass is 16.2. The Morgan fingerprint density at radius 2 is 2.09 bits per heavy atom. The van der Waals surface area contributed by atoms with Gasteiger partial charge in [-0.15, -0.1) is 0 Å². The van der Waals surface area contributed by atoms with Crippen molar-refractivity contribution in [2.45, 2.75) is 40.7 Å². The largest absolute Gasteiger partial charge is 0.341 e. The molecule has 0 bridgehead atoms. The summed E-state index contributed by atoms with van der Waals surface area (Å²) in [6.45, 7) is 11.2. The van der Waals surface area contributed by atoms with E-state index in [-0.39, 0.29) is 17.4 Å². The Morgan fingerprint density at radius 1 is 1.43 bits per heavy atom. The summed E-state index contributed by atoms with van der Waals surface area (Å²) in [6, 6.07) is 2.12. The number of fused-ring (bicyclic) bond motifs is 1. The molecule has 2 aromatic rings. The summed E-state index contributed by atoms with van der Waals surface area (Å²) >= 11 is 0. The van der Waals surface area contributed by atoms with Crippen LogP contribution < -0.4 is 5.73 Å². The molecule has 0 atom stereocenters. The van der Waals surface area contributed by atoms with E-state index in [1.807, 2.05) is 17.7 Å². The maximum absolute atomic E-state index is 12.8. The van der Waals surface area contributed by atoms with E-state index in [4.69, 9.17) is 5.73 Å². The summed E-state index contributed by atoms with van der Waals surface area (Å²) in [4.78, 5) is 19.1. The van der Waals surface area contributed by atoms with Crippen molar-refractivity contribution in [1.29, 1.82) is 0 Å². The number of aryl methyl sites for hydroxylation is 1. The highest BCUT2D eigenvalue weighted by Crippen LogP contribution is 2.21. The van der Waals surface area contributed by atoms with E-state index in [0.29, 0.717) is 18.7 Å². The molecule has 0 unspecified atom stereocenters. The second kappa shape index (κ2) is 6.28. The molecule has 0 radical (unpaired) electrons. The molecule has 0 aliphatic carbocycles. The number of aromatic nitrogens is 3. The molecule has 0 aliphatic heterocycles. The second-order valence-corrected chi connectivity index (χ2v) is 7.25. The maximum atomic E-state index is 12.8. The molecule has 23 heavy (non-hydrogen) atoms. The van der Waals surface area contributed by atoms with E-state index in [2.05, 4.69) is 37.8 Å². The molecule has 126 valence electrons. The van der Waals surface area contributed by atoms with Crippen molar-refractivity contribution in [3.05, 3.63) is 23.5 Å². The molecule has 0 saturated carbocycles. The average molecular weight is 317 g/mol. The maximum Gasteiger partial charge on any atom is 0.255 e. The number of rotatable bonds is 5. The van der Waals surface area contributed by atoms with Gasteiger partial charge in [0.1, 0.15) is 0 Å². The van der Waals surface area contributed by atoms with Gasteiger partial charge in [0.15, 0.2) is 5.65 Å². The molecular weight excluding hydrogens is 290 g/mol. The van der Waals surface area contributed by atoms with Crippen molar-refractivity contribution < 1.29 is 4.79 Å². The Kier molecular flexibility index (Phi) is 4.75. The first-order valence-corrected chi connectivity index (χ1v) is 7.96. The summed E-state index contributed by atoms with van der Waals surface area (Å²) in [5.74, 6) is -0.0317. The Morgan fingerprint density at radius 3 is 2.65 bits per heavy atom. The van der Waals surface area contributed by atoms with Crippen LogP contribution in [-0.4, -0.2) is 45.7 Å². The van der Waals surface area contributed by atoms with Gasteiger partial charge < -0.3 is 10.6 Å². The van der Waals surface area contributed by atoms with Gasteiger partial charge in [-0.1, -0.05) is 13.8 Å². The van der Waals surface area contributed by atoms with E-state index >= 15 is 0 Å². The van der Waals surface area contributed by atoms with Gasteiger partial charge in [0.05, 0.1) is 17.5 Å². The van der Waals surface area contributed by atoms with Crippen LogP contribution in [0.5, 0.6) is 0 Å². The number of nitrogens with zero attached hydrogens (tertiary/aromatic N) is 4. The van der Waals surface area contributed by atoms with E-state index in [1.165, 1.54) is 0 Å². The van der Waals surface area contributed by atoms with E-state index in [9.17, 15) is 4.79 Å². The third-order valence-corrected chi connectivity index (χ3v) is 4.04. The predicted octanol–water partition coefficient (Wildman–Crippen LogP) is 2.38. The topological polar surface area (TPSA) is 77.0 Å². The Balaban J connectivity index is 2.36. The summed E-state index contributed by atoms with van der Waals surface area (Å²) in [5, 5.41) is 5.25. The van der Waals surface area contributed by atoms with Crippen molar-refractivity contribution >= 4 is 16.9 Å². The number of amides is 1. The summed E-state index contributed by atoms with van der Waals surface area (Å²) in [6.07, 6.45) is 1.77. The van der Waals surface area contributed by atoms with Gasteiger partial charge in [-0.2, -0.15) is 5.10 Å². The predicted molar refractivity (Wildman–Crippen MR) is 92.4 cm³/mol. The monoisotopic (exact) mass is 317 g/mol. The summed E-state index contributed by atoms with van der Waals surface area (Å²) in [7, 11) is 1.81. The number of carbonyl (C=O) groups excluding carboxylic acids is 1. The number of hydrogen-bond acceptors (Lipinski definition) is 4. The zero-order chi connectivity index (χ0) is 17.4. The number of pyridine rings is 1. The standard InChI is InChI=1S/C17H27N5O/c1-11(2)22-15-13(8-19-22)7-14(12(3)20-15)16(23)21(6)10-17(4,5)9-18/h7-8,11H,9-10,18H2,1-6H3. The van der Waals surface area contributed by atoms with Crippen LogP contribution in [0.1, 0.15) is 49.8 Å². The average Bonchev–Trinajstić information content (AvgIpc) is 2.88. The van der Waals surface area contributed by atoms with Gasteiger partial charge in [0.25, 0.3) is 5.91 Å². The first-order valence-electron chi connectivity index (χ1n) is 7.96. The lowest BCUT2D eigenvalue weighted by molar-refractivity contribution is 0.0739. The van der Waals surface area contributed by atoms with Gasteiger partial charge in [-0.05, 0) is 38.8 Å². The van der Waals surface area contributed by atoms with Crippen LogP contribution in [0.15, 0.2) is 12.3 Å². The van der Waals surface area contributed by atoms with Crippen LogP contribution in [0, 0.1) is 12.3 Å². The molecule has 0 aromatic carbocycles. The van der Waals surface area contributed by atoms with Crippen LogP contribution >= 0.6 is 0 Å². The lowest BCUT2D eigenvalue weighted by Crippen LogP contribution is -2.40. The Labute approximate surface area is 137 Å². The fourth-order valence-electron chi connectivity index (χ4n) is 2.64. The minimum atomic E-state index is -0.113.